The summed E-state index contributed by atoms with van der Waals surface area (Å²) in [5.74, 6) is -0.297. The molecule has 2 aromatic carbocycles. The minimum atomic E-state index is -3.90. The molecule has 0 radical (unpaired) electrons. The maximum atomic E-state index is 12.8. The molecular formula is C18H18O6S. The predicted octanol–water partition coefficient (Wildman–Crippen LogP) is 3.06. The van der Waals surface area contributed by atoms with Gasteiger partial charge in [0.2, 0.25) is 9.84 Å². The molecule has 25 heavy (non-hydrogen) atoms. The third-order valence-electron chi connectivity index (χ3n) is 3.20. The third kappa shape index (κ3) is 4.13. The van der Waals surface area contributed by atoms with Crippen LogP contribution in [0.25, 0.3) is 0 Å². The zero-order chi connectivity index (χ0) is 18.4. The van der Waals surface area contributed by atoms with Crippen LogP contribution in [0.4, 0.5) is 0 Å². The lowest BCUT2D eigenvalue weighted by atomic mass is 10.3. The second-order valence-corrected chi connectivity index (χ2v) is 6.91. The summed E-state index contributed by atoms with van der Waals surface area (Å²) in [6.07, 6.45) is 2.95. The molecule has 7 heteroatoms. The van der Waals surface area contributed by atoms with Crippen LogP contribution in [-0.2, 0) is 9.84 Å². The third-order valence-corrected chi connectivity index (χ3v) is 4.95. The Morgan fingerprint density at radius 2 is 1.24 bits per heavy atom. The average Bonchev–Trinajstić information content (AvgIpc) is 2.60. The average molecular weight is 362 g/mol. The van der Waals surface area contributed by atoms with Crippen LogP contribution in [0, 0.1) is 0 Å². The lowest BCUT2D eigenvalue weighted by Gasteiger charge is -2.11. The molecule has 0 saturated heterocycles. The largest absolute Gasteiger partial charge is 0.504 e. The minimum Gasteiger partial charge on any atom is -0.504 e. The number of phenols is 2. The Hall–Kier alpha value is -2.93. The molecule has 2 rings (SSSR count). The first-order chi connectivity index (χ1) is 11.9. The number of hydrogen-bond donors (Lipinski definition) is 2. The maximum absolute atomic E-state index is 12.8. The first kappa shape index (κ1) is 18.4. The quantitative estimate of drug-likeness (QED) is 0.701. The van der Waals surface area contributed by atoms with E-state index in [1.54, 1.807) is 0 Å². The van der Waals surface area contributed by atoms with Crippen LogP contribution < -0.4 is 9.47 Å². The van der Waals surface area contributed by atoms with Crippen LogP contribution in [0.1, 0.15) is 0 Å². The number of rotatable bonds is 8. The molecule has 2 aromatic rings. The van der Waals surface area contributed by atoms with Gasteiger partial charge in [0.05, 0.1) is 9.79 Å². The highest BCUT2D eigenvalue weighted by Gasteiger charge is 2.21. The number of benzene rings is 2. The summed E-state index contributed by atoms with van der Waals surface area (Å²) < 4.78 is 36.1. The summed E-state index contributed by atoms with van der Waals surface area (Å²) in [5.41, 5.74) is 0. The fraction of sp³-hybridized carbons (Fsp3) is 0.111. The van der Waals surface area contributed by atoms with Gasteiger partial charge in [-0.05, 0) is 24.3 Å². The fourth-order valence-corrected chi connectivity index (χ4v) is 3.28. The van der Waals surface area contributed by atoms with Gasteiger partial charge in [0, 0.05) is 12.1 Å². The van der Waals surface area contributed by atoms with Crippen molar-refractivity contribution in [1.82, 2.24) is 0 Å². The normalized spacial score (nSPS) is 10.9. The number of aromatic hydroxyl groups is 2. The van der Waals surface area contributed by atoms with Gasteiger partial charge in [-0.25, -0.2) is 8.42 Å². The summed E-state index contributed by atoms with van der Waals surface area (Å²) in [6.45, 7) is 7.24. The first-order valence-corrected chi connectivity index (χ1v) is 8.77. The molecule has 0 spiro atoms. The maximum Gasteiger partial charge on any atom is 0.206 e. The molecule has 0 aromatic heterocycles. The Kier molecular flexibility index (Phi) is 5.71. The molecule has 0 saturated carbocycles. The SMILES string of the molecule is C=CCOc1cc(S(=O)(=O)c2ccc(O)c(OCC=C)c2)ccc1O. The van der Waals surface area contributed by atoms with Gasteiger partial charge in [0.15, 0.2) is 23.0 Å². The van der Waals surface area contributed by atoms with Crippen molar-refractivity contribution in [3.8, 4) is 23.0 Å². The molecule has 0 aliphatic heterocycles. The van der Waals surface area contributed by atoms with Gasteiger partial charge >= 0.3 is 0 Å². The molecule has 0 unspecified atom stereocenters. The van der Waals surface area contributed by atoms with E-state index >= 15 is 0 Å². The monoisotopic (exact) mass is 362 g/mol. The van der Waals surface area contributed by atoms with E-state index in [0.29, 0.717) is 0 Å². The van der Waals surface area contributed by atoms with Crippen LogP contribution in [0.3, 0.4) is 0 Å². The van der Waals surface area contributed by atoms with Crippen molar-refractivity contribution in [2.75, 3.05) is 13.2 Å². The van der Waals surface area contributed by atoms with Gasteiger partial charge in [-0.3, -0.25) is 0 Å². The number of hydrogen-bond acceptors (Lipinski definition) is 6. The standard InChI is InChI=1S/C18H18O6S/c1-3-9-23-17-11-13(5-7-15(17)19)25(21,22)14-6-8-16(20)18(12-14)24-10-4-2/h3-8,11-12,19-20H,1-2,9-10H2. The summed E-state index contributed by atoms with van der Waals surface area (Å²) in [4.78, 5) is -0.130. The smallest absolute Gasteiger partial charge is 0.206 e. The van der Waals surface area contributed by atoms with E-state index in [1.165, 1.54) is 48.6 Å². The summed E-state index contributed by atoms with van der Waals surface area (Å²) in [7, 11) is -3.90. The van der Waals surface area contributed by atoms with Crippen molar-refractivity contribution < 1.29 is 28.1 Å². The predicted molar refractivity (Wildman–Crippen MR) is 93.0 cm³/mol. The van der Waals surface area contributed by atoms with E-state index in [2.05, 4.69) is 13.2 Å². The zero-order valence-corrected chi connectivity index (χ0v) is 14.2. The molecule has 2 N–H and O–H groups in total. The van der Waals surface area contributed by atoms with E-state index in [1.807, 2.05) is 0 Å². The van der Waals surface area contributed by atoms with Crippen LogP contribution in [0.15, 0.2) is 71.5 Å². The molecule has 0 aliphatic carbocycles. The summed E-state index contributed by atoms with van der Waals surface area (Å²) in [6, 6.07) is 7.46. The van der Waals surface area contributed by atoms with Crippen molar-refractivity contribution >= 4 is 9.84 Å². The van der Waals surface area contributed by atoms with E-state index in [0.717, 1.165) is 0 Å². The van der Waals surface area contributed by atoms with Crippen LogP contribution >= 0.6 is 0 Å². The van der Waals surface area contributed by atoms with Crippen LogP contribution in [0.2, 0.25) is 0 Å². The van der Waals surface area contributed by atoms with Gasteiger partial charge in [-0.15, -0.1) is 0 Å². The van der Waals surface area contributed by atoms with Crippen molar-refractivity contribution in [3.05, 3.63) is 61.7 Å². The Labute approximate surface area is 146 Å². The van der Waals surface area contributed by atoms with Crippen molar-refractivity contribution in [2.24, 2.45) is 0 Å². The van der Waals surface area contributed by atoms with Gasteiger partial charge < -0.3 is 19.7 Å². The minimum absolute atomic E-state index is 0.0304. The van der Waals surface area contributed by atoms with Crippen molar-refractivity contribution in [1.29, 1.82) is 0 Å². The summed E-state index contributed by atoms with van der Waals surface area (Å²) >= 11 is 0. The lowest BCUT2D eigenvalue weighted by Crippen LogP contribution is -2.04. The highest BCUT2D eigenvalue weighted by Crippen LogP contribution is 2.34. The molecule has 0 bridgehead atoms. The van der Waals surface area contributed by atoms with Crippen LogP contribution in [-0.4, -0.2) is 31.8 Å². The molecular weight excluding hydrogens is 344 g/mol. The Bertz CT molecular complexity index is 819. The summed E-state index contributed by atoms with van der Waals surface area (Å²) in [5, 5.41) is 19.5. The Morgan fingerprint density at radius 1 is 0.840 bits per heavy atom. The number of phenolic OH excluding ortho intramolecular Hbond substituents is 2. The highest BCUT2D eigenvalue weighted by atomic mass is 32.2. The second-order valence-electron chi connectivity index (χ2n) is 4.96. The number of sulfone groups is 1. The van der Waals surface area contributed by atoms with E-state index in [9.17, 15) is 18.6 Å². The van der Waals surface area contributed by atoms with Gasteiger partial charge in [-0.1, -0.05) is 25.3 Å². The highest BCUT2D eigenvalue weighted by molar-refractivity contribution is 7.91. The van der Waals surface area contributed by atoms with E-state index in [-0.39, 0.29) is 46.0 Å². The lowest BCUT2D eigenvalue weighted by molar-refractivity contribution is 0.335. The molecule has 6 nitrogen and oxygen atoms in total. The van der Waals surface area contributed by atoms with Crippen molar-refractivity contribution in [2.45, 2.75) is 9.79 Å². The van der Waals surface area contributed by atoms with Gasteiger partial charge in [0.1, 0.15) is 13.2 Å². The van der Waals surface area contributed by atoms with Gasteiger partial charge in [0.25, 0.3) is 0 Å². The Balaban J connectivity index is 2.44. The van der Waals surface area contributed by atoms with E-state index < -0.39 is 9.84 Å². The number of ether oxygens (including phenoxy) is 2. The van der Waals surface area contributed by atoms with Crippen molar-refractivity contribution in [3.63, 3.8) is 0 Å². The zero-order valence-electron chi connectivity index (χ0n) is 13.4. The van der Waals surface area contributed by atoms with E-state index in [4.69, 9.17) is 9.47 Å². The molecule has 0 fully saturated rings. The van der Waals surface area contributed by atoms with Gasteiger partial charge in [-0.2, -0.15) is 0 Å². The molecule has 132 valence electrons. The topological polar surface area (TPSA) is 93.1 Å². The fourth-order valence-electron chi connectivity index (χ4n) is 1.99. The first-order valence-electron chi connectivity index (χ1n) is 7.28. The second kappa shape index (κ2) is 7.76. The Morgan fingerprint density at radius 3 is 1.60 bits per heavy atom. The van der Waals surface area contributed by atoms with Crippen LogP contribution in [0.5, 0.6) is 23.0 Å². The molecule has 0 aliphatic rings. The molecule has 0 amide bonds. The molecule has 0 atom stereocenters. The molecule has 0 heterocycles.